The highest BCUT2D eigenvalue weighted by Crippen LogP contribution is 2.16. The SMILES string of the molecule is C=C(C)CN(C)CC1CCNC1C. The summed E-state index contributed by atoms with van der Waals surface area (Å²) in [6.45, 7) is 11.7. The molecule has 2 unspecified atom stereocenters. The highest BCUT2D eigenvalue weighted by Gasteiger charge is 2.23. The van der Waals surface area contributed by atoms with Crippen LogP contribution in [0.1, 0.15) is 20.3 Å². The molecule has 0 aromatic carbocycles. The molecule has 0 bridgehead atoms. The fourth-order valence-corrected chi connectivity index (χ4v) is 2.09. The van der Waals surface area contributed by atoms with Crippen molar-refractivity contribution in [1.29, 1.82) is 0 Å². The van der Waals surface area contributed by atoms with Gasteiger partial charge in [-0.1, -0.05) is 12.2 Å². The normalized spacial score (nSPS) is 28.3. The Hall–Kier alpha value is -0.340. The Kier molecular flexibility index (Phi) is 3.94. The van der Waals surface area contributed by atoms with Gasteiger partial charge in [0.2, 0.25) is 0 Å². The molecule has 1 fully saturated rings. The molecular formula is C11H22N2. The van der Waals surface area contributed by atoms with E-state index in [2.05, 4.69) is 37.7 Å². The smallest absolute Gasteiger partial charge is 0.0184 e. The number of likely N-dealkylation sites (N-methyl/N-ethyl adjacent to an activating group) is 1. The summed E-state index contributed by atoms with van der Waals surface area (Å²) in [4.78, 5) is 2.37. The summed E-state index contributed by atoms with van der Waals surface area (Å²) in [7, 11) is 2.18. The highest BCUT2D eigenvalue weighted by atomic mass is 15.1. The van der Waals surface area contributed by atoms with Gasteiger partial charge in [0.25, 0.3) is 0 Å². The predicted octanol–water partition coefficient (Wildman–Crippen LogP) is 1.49. The molecule has 13 heavy (non-hydrogen) atoms. The van der Waals surface area contributed by atoms with E-state index in [1.165, 1.54) is 25.1 Å². The van der Waals surface area contributed by atoms with Crippen molar-refractivity contribution in [3.63, 3.8) is 0 Å². The van der Waals surface area contributed by atoms with Crippen LogP contribution in [0.5, 0.6) is 0 Å². The highest BCUT2D eigenvalue weighted by molar-refractivity contribution is 4.92. The summed E-state index contributed by atoms with van der Waals surface area (Å²) >= 11 is 0. The van der Waals surface area contributed by atoms with Gasteiger partial charge in [-0.05, 0) is 39.8 Å². The van der Waals surface area contributed by atoms with Crippen LogP contribution < -0.4 is 5.32 Å². The van der Waals surface area contributed by atoms with E-state index in [0.717, 1.165) is 12.5 Å². The van der Waals surface area contributed by atoms with E-state index in [1.807, 2.05) is 0 Å². The van der Waals surface area contributed by atoms with Gasteiger partial charge in [-0.3, -0.25) is 0 Å². The third-order valence-electron chi connectivity index (χ3n) is 2.77. The summed E-state index contributed by atoms with van der Waals surface area (Å²) in [5.74, 6) is 0.823. The first kappa shape index (κ1) is 10.7. The summed E-state index contributed by atoms with van der Waals surface area (Å²) in [6, 6.07) is 0.688. The van der Waals surface area contributed by atoms with E-state index in [0.29, 0.717) is 6.04 Å². The minimum absolute atomic E-state index is 0.688. The van der Waals surface area contributed by atoms with Crippen molar-refractivity contribution in [3.05, 3.63) is 12.2 Å². The maximum Gasteiger partial charge on any atom is 0.0184 e. The van der Waals surface area contributed by atoms with Gasteiger partial charge < -0.3 is 10.2 Å². The summed E-state index contributed by atoms with van der Waals surface area (Å²) < 4.78 is 0. The number of nitrogens with one attached hydrogen (secondary N) is 1. The Labute approximate surface area is 82.0 Å². The fourth-order valence-electron chi connectivity index (χ4n) is 2.09. The molecule has 1 aliphatic heterocycles. The van der Waals surface area contributed by atoms with Gasteiger partial charge in [0.1, 0.15) is 0 Å². The van der Waals surface area contributed by atoms with Crippen molar-refractivity contribution in [2.45, 2.75) is 26.3 Å². The van der Waals surface area contributed by atoms with E-state index in [9.17, 15) is 0 Å². The zero-order valence-corrected chi connectivity index (χ0v) is 9.14. The Bertz CT molecular complexity index is 177. The molecule has 1 rings (SSSR count). The third kappa shape index (κ3) is 3.49. The molecule has 0 saturated carbocycles. The number of rotatable bonds is 4. The van der Waals surface area contributed by atoms with Crippen LogP contribution in [0.4, 0.5) is 0 Å². The van der Waals surface area contributed by atoms with Crippen molar-refractivity contribution in [2.24, 2.45) is 5.92 Å². The molecule has 2 atom stereocenters. The molecule has 2 nitrogen and oxygen atoms in total. The van der Waals surface area contributed by atoms with E-state index in [-0.39, 0.29) is 0 Å². The van der Waals surface area contributed by atoms with Gasteiger partial charge in [-0.25, -0.2) is 0 Å². The topological polar surface area (TPSA) is 15.3 Å². The lowest BCUT2D eigenvalue weighted by Gasteiger charge is -2.23. The molecule has 2 heteroatoms. The Balaban J connectivity index is 2.26. The summed E-state index contributed by atoms with van der Waals surface area (Å²) in [6.07, 6.45) is 1.32. The molecule has 1 aliphatic rings. The Morgan fingerprint density at radius 1 is 1.62 bits per heavy atom. The largest absolute Gasteiger partial charge is 0.314 e. The van der Waals surface area contributed by atoms with Crippen molar-refractivity contribution < 1.29 is 0 Å². The van der Waals surface area contributed by atoms with Gasteiger partial charge in [-0.15, -0.1) is 0 Å². The zero-order chi connectivity index (χ0) is 9.84. The van der Waals surface area contributed by atoms with Gasteiger partial charge in [0, 0.05) is 19.1 Å². The van der Waals surface area contributed by atoms with Gasteiger partial charge in [0.05, 0.1) is 0 Å². The van der Waals surface area contributed by atoms with Crippen LogP contribution in [-0.2, 0) is 0 Å². The molecule has 76 valence electrons. The van der Waals surface area contributed by atoms with Crippen LogP contribution in [-0.4, -0.2) is 37.6 Å². The Morgan fingerprint density at radius 2 is 2.31 bits per heavy atom. The van der Waals surface area contributed by atoms with E-state index in [1.54, 1.807) is 0 Å². The molecular weight excluding hydrogens is 160 g/mol. The molecule has 0 aromatic rings. The standard InChI is InChI=1S/C11H22N2/c1-9(2)7-13(4)8-11-5-6-12-10(11)3/h10-12H,1,5-8H2,2-4H3. The van der Waals surface area contributed by atoms with Crippen molar-refractivity contribution in [1.82, 2.24) is 10.2 Å². The molecule has 1 heterocycles. The van der Waals surface area contributed by atoms with E-state index < -0.39 is 0 Å². The predicted molar refractivity (Wildman–Crippen MR) is 57.9 cm³/mol. The molecule has 1 N–H and O–H groups in total. The van der Waals surface area contributed by atoms with Crippen LogP contribution in [0.3, 0.4) is 0 Å². The molecule has 1 saturated heterocycles. The molecule has 0 radical (unpaired) electrons. The van der Waals surface area contributed by atoms with Crippen LogP contribution in [0, 0.1) is 5.92 Å². The van der Waals surface area contributed by atoms with Crippen molar-refractivity contribution in [3.8, 4) is 0 Å². The van der Waals surface area contributed by atoms with Crippen LogP contribution in [0.15, 0.2) is 12.2 Å². The first-order valence-electron chi connectivity index (χ1n) is 5.16. The first-order chi connectivity index (χ1) is 6.09. The van der Waals surface area contributed by atoms with Gasteiger partial charge in [0.15, 0.2) is 0 Å². The second kappa shape index (κ2) is 4.77. The number of nitrogens with zero attached hydrogens (tertiary/aromatic N) is 1. The lowest BCUT2D eigenvalue weighted by Crippen LogP contribution is -2.33. The minimum atomic E-state index is 0.688. The van der Waals surface area contributed by atoms with Crippen LogP contribution in [0.2, 0.25) is 0 Å². The van der Waals surface area contributed by atoms with Crippen LogP contribution in [0.25, 0.3) is 0 Å². The maximum atomic E-state index is 3.93. The van der Waals surface area contributed by atoms with E-state index >= 15 is 0 Å². The second-order valence-corrected chi connectivity index (χ2v) is 4.45. The summed E-state index contributed by atoms with van der Waals surface area (Å²) in [5, 5.41) is 3.48. The maximum absolute atomic E-state index is 3.93. The molecule has 0 amide bonds. The monoisotopic (exact) mass is 182 g/mol. The van der Waals surface area contributed by atoms with E-state index in [4.69, 9.17) is 0 Å². The lowest BCUT2D eigenvalue weighted by atomic mass is 10.0. The molecule has 0 aliphatic carbocycles. The average Bonchev–Trinajstić information content (AvgIpc) is 2.34. The van der Waals surface area contributed by atoms with Crippen molar-refractivity contribution >= 4 is 0 Å². The fraction of sp³-hybridized carbons (Fsp3) is 0.818. The van der Waals surface area contributed by atoms with Gasteiger partial charge >= 0.3 is 0 Å². The Morgan fingerprint density at radius 3 is 2.77 bits per heavy atom. The van der Waals surface area contributed by atoms with Crippen molar-refractivity contribution in [2.75, 3.05) is 26.7 Å². The quantitative estimate of drug-likeness (QED) is 0.663. The third-order valence-corrected chi connectivity index (χ3v) is 2.77. The number of hydrogen-bond acceptors (Lipinski definition) is 2. The average molecular weight is 182 g/mol. The first-order valence-corrected chi connectivity index (χ1v) is 5.16. The van der Waals surface area contributed by atoms with Gasteiger partial charge in [-0.2, -0.15) is 0 Å². The second-order valence-electron chi connectivity index (χ2n) is 4.45. The minimum Gasteiger partial charge on any atom is -0.314 e. The molecule has 0 aromatic heterocycles. The number of hydrogen-bond donors (Lipinski definition) is 1. The lowest BCUT2D eigenvalue weighted by molar-refractivity contribution is 0.283. The molecule has 0 spiro atoms. The summed E-state index contributed by atoms with van der Waals surface area (Å²) in [5.41, 5.74) is 1.25. The van der Waals surface area contributed by atoms with Crippen LogP contribution >= 0.6 is 0 Å². The zero-order valence-electron chi connectivity index (χ0n) is 9.14.